The van der Waals surface area contributed by atoms with E-state index in [0.29, 0.717) is 25.1 Å². The number of nitrogens with one attached hydrogen (secondary N) is 2. The predicted molar refractivity (Wildman–Crippen MR) is 112 cm³/mol. The van der Waals surface area contributed by atoms with E-state index in [1.54, 1.807) is 20.4 Å². The number of rotatable bonds is 7. The average molecular weight is 383 g/mol. The van der Waals surface area contributed by atoms with Crippen LogP contribution in [0, 0.1) is 6.92 Å². The highest BCUT2D eigenvalue weighted by atomic mass is 16.5. The van der Waals surface area contributed by atoms with Crippen LogP contribution >= 0.6 is 0 Å². The van der Waals surface area contributed by atoms with Gasteiger partial charge in [-0.05, 0) is 55.9 Å². The molecule has 0 radical (unpaired) electrons. The number of hydrogen-bond acceptors (Lipinski definition) is 4. The highest BCUT2D eigenvalue weighted by molar-refractivity contribution is 5.79. The van der Waals surface area contributed by atoms with Crippen LogP contribution in [0.15, 0.2) is 41.5 Å². The third-order valence-electron chi connectivity index (χ3n) is 4.96. The number of aliphatic imine (C=N–C) groups is 1. The second-order valence-electron chi connectivity index (χ2n) is 7.12. The largest absolute Gasteiger partial charge is 0.496 e. The summed E-state index contributed by atoms with van der Waals surface area (Å²) >= 11 is 0. The minimum absolute atomic E-state index is 0.314. The van der Waals surface area contributed by atoms with E-state index in [1.165, 1.54) is 18.4 Å². The minimum Gasteiger partial charge on any atom is -0.496 e. The molecular weight excluding hydrogens is 352 g/mol. The normalized spacial score (nSPS) is 14.8. The predicted octanol–water partition coefficient (Wildman–Crippen LogP) is 3.59. The average Bonchev–Trinajstić information content (AvgIpc) is 3.22. The molecular formula is C22H30N4O2. The van der Waals surface area contributed by atoms with Gasteiger partial charge in [0.25, 0.3) is 0 Å². The Morgan fingerprint density at radius 3 is 2.68 bits per heavy atom. The van der Waals surface area contributed by atoms with Gasteiger partial charge in [0.05, 0.1) is 7.11 Å². The Bertz CT molecular complexity index is 801. The molecule has 1 heterocycles. The highest BCUT2D eigenvalue weighted by Crippen LogP contribution is 2.23. The van der Waals surface area contributed by atoms with Gasteiger partial charge < -0.3 is 20.1 Å². The van der Waals surface area contributed by atoms with Gasteiger partial charge in [0.1, 0.15) is 11.9 Å². The van der Waals surface area contributed by atoms with Gasteiger partial charge in [-0.1, -0.05) is 12.1 Å². The van der Waals surface area contributed by atoms with Crippen molar-refractivity contribution >= 4 is 5.96 Å². The van der Waals surface area contributed by atoms with Crippen molar-refractivity contribution in [1.29, 1.82) is 0 Å². The summed E-state index contributed by atoms with van der Waals surface area (Å²) in [5.41, 5.74) is 3.38. The highest BCUT2D eigenvalue weighted by Gasteiger charge is 2.17. The van der Waals surface area contributed by atoms with Crippen molar-refractivity contribution in [3.8, 4) is 11.6 Å². The van der Waals surface area contributed by atoms with Crippen LogP contribution in [0.1, 0.15) is 42.4 Å². The summed E-state index contributed by atoms with van der Waals surface area (Å²) < 4.78 is 11.5. The topological polar surface area (TPSA) is 67.8 Å². The van der Waals surface area contributed by atoms with Gasteiger partial charge in [-0.15, -0.1) is 0 Å². The van der Waals surface area contributed by atoms with Crippen molar-refractivity contribution in [2.45, 2.75) is 51.8 Å². The van der Waals surface area contributed by atoms with Crippen molar-refractivity contribution in [2.24, 2.45) is 4.99 Å². The molecule has 6 nitrogen and oxygen atoms in total. The van der Waals surface area contributed by atoms with Crippen LogP contribution in [-0.4, -0.2) is 31.2 Å². The molecule has 0 unspecified atom stereocenters. The second-order valence-corrected chi connectivity index (χ2v) is 7.12. The van der Waals surface area contributed by atoms with Crippen LogP contribution < -0.4 is 20.1 Å². The second kappa shape index (κ2) is 9.97. The maximum Gasteiger partial charge on any atom is 0.213 e. The fraction of sp³-hybridized carbons (Fsp3) is 0.455. The number of ether oxygens (including phenoxy) is 2. The molecule has 2 aromatic rings. The number of benzene rings is 1. The Morgan fingerprint density at radius 2 is 1.93 bits per heavy atom. The van der Waals surface area contributed by atoms with E-state index in [1.807, 2.05) is 18.2 Å². The molecule has 6 heteroatoms. The Kier molecular flexibility index (Phi) is 7.12. The lowest BCUT2D eigenvalue weighted by molar-refractivity contribution is 0.201. The minimum atomic E-state index is 0.314. The number of nitrogens with zero attached hydrogens (tertiary/aromatic N) is 2. The lowest BCUT2D eigenvalue weighted by Crippen LogP contribution is -2.36. The first-order valence-electron chi connectivity index (χ1n) is 9.87. The Labute approximate surface area is 167 Å². The molecule has 28 heavy (non-hydrogen) atoms. The Balaban J connectivity index is 1.53. The first-order chi connectivity index (χ1) is 13.7. The van der Waals surface area contributed by atoms with Crippen LogP contribution in [0.25, 0.3) is 0 Å². The number of aromatic nitrogens is 1. The van der Waals surface area contributed by atoms with E-state index in [0.717, 1.165) is 35.7 Å². The number of pyridine rings is 1. The van der Waals surface area contributed by atoms with Gasteiger partial charge in [0.2, 0.25) is 5.88 Å². The molecule has 0 aliphatic heterocycles. The third kappa shape index (κ3) is 5.62. The van der Waals surface area contributed by atoms with E-state index in [-0.39, 0.29) is 0 Å². The molecule has 1 saturated carbocycles. The lowest BCUT2D eigenvalue weighted by atomic mass is 10.1. The number of hydrogen-bond donors (Lipinski definition) is 2. The van der Waals surface area contributed by atoms with Crippen molar-refractivity contribution in [3.05, 3.63) is 53.2 Å². The summed E-state index contributed by atoms with van der Waals surface area (Å²) in [5.74, 6) is 2.32. The molecule has 1 aliphatic rings. The van der Waals surface area contributed by atoms with Crippen molar-refractivity contribution in [2.75, 3.05) is 14.2 Å². The van der Waals surface area contributed by atoms with Crippen LogP contribution in [-0.2, 0) is 13.1 Å². The van der Waals surface area contributed by atoms with Crippen molar-refractivity contribution in [1.82, 2.24) is 15.6 Å². The molecule has 0 bridgehead atoms. The van der Waals surface area contributed by atoms with Crippen molar-refractivity contribution in [3.63, 3.8) is 0 Å². The van der Waals surface area contributed by atoms with Gasteiger partial charge in [0.15, 0.2) is 5.96 Å². The summed E-state index contributed by atoms with van der Waals surface area (Å²) in [5, 5.41) is 6.68. The molecule has 0 amide bonds. The Hall–Kier alpha value is -2.76. The quantitative estimate of drug-likeness (QED) is 0.566. The van der Waals surface area contributed by atoms with E-state index in [4.69, 9.17) is 9.47 Å². The van der Waals surface area contributed by atoms with Crippen LogP contribution in [0.4, 0.5) is 0 Å². The molecule has 3 rings (SSSR count). The van der Waals surface area contributed by atoms with E-state index in [2.05, 4.69) is 39.7 Å². The van der Waals surface area contributed by atoms with Crippen LogP contribution in [0.2, 0.25) is 0 Å². The molecule has 1 aliphatic carbocycles. The van der Waals surface area contributed by atoms with Crippen molar-refractivity contribution < 1.29 is 9.47 Å². The number of guanidine groups is 1. The first-order valence-corrected chi connectivity index (χ1v) is 9.87. The molecule has 2 N–H and O–H groups in total. The summed E-state index contributed by atoms with van der Waals surface area (Å²) in [6.45, 7) is 3.34. The molecule has 1 aromatic heterocycles. The first kappa shape index (κ1) is 20.0. The summed E-state index contributed by atoms with van der Waals surface area (Å²) in [7, 11) is 3.46. The number of aryl methyl sites for hydroxylation is 1. The zero-order valence-corrected chi connectivity index (χ0v) is 17.0. The van der Waals surface area contributed by atoms with Gasteiger partial charge in [0, 0.05) is 38.0 Å². The summed E-state index contributed by atoms with van der Waals surface area (Å²) in [6.07, 6.45) is 6.87. The fourth-order valence-electron chi connectivity index (χ4n) is 3.38. The smallest absolute Gasteiger partial charge is 0.213 e. The zero-order valence-electron chi connectivity index (χ0n) is 17.0. The third-order valence-corrected chi connectivity index (χ3v) is 4.96. The fourth-order valence-corrected chi connectivity index (χ4v) is 3.38. The monoisotopic (exact) mass is 382 g/mol. The molecule has 1 fully saturated rings. The maximum absolute atomic E-state index is 5.99. The van der Waals surface area contributed by atoms with Gasteiger partial charge >= 0.3 is 0 Å². The van der Waals surface area contributed by atoms with Crippen LogP contribution in [0.5, 0.6) is 11.6 Å². The van der Waals surface area contributed by atoms with Gasteiger partial charge in [-0.3, -0.25) is 4.99 Å². The standard InChI is InChI=1S/C22H30N4O2/c1-16-8-9-18(20(12-16)27-3)15-26-22(23-2)25-14-17-10-11-24-21(13-17)28-19-6-4-5-7-19/h8-13,19H,4-7,14-15H2,1-3H3,(H2,23,25,26). The maximum atomic E-state index is 5.99. The molecule has 0 saturated heterocycles. The van der Waals surface area contributed by atoms with Gasteiger partial charge in [-0.25, -0.2) is 4.98 Å². The summed E-state index contributed by atoms with van der Waals surface area (Å²) in [6, 6.07) is 10.2. The van der Waals surface area contributed by atoms with Crippen LogP contribution in [0.3, 0.4) is 0 Å². The van der Waals surface area contributed by atoms with Gasteiger partial charge in [-0.2, -0.15) is 0 Å². The molecule has 0 atom stereocenters. The Morgan fingerprint density at radius 1 is 1.14 bits per heavy atom. The van der Waals surface area contributed by atoms with E-state index >= 15 is 0 Å². The van der Waals surface area contributed by atoms with E-state index < -0.39 is 0 Å². The molecule has 0 spiro atoms. The van der Waals surface area contributed by atoms with E-state index in [9.17, 15) is 0 Å². The SMILES string of the molecule is CN=C(NCc1ccnc(OC2CCCC2)c1)NCc1ccc(C)cc1OC. The number of methoxy groups -OCH3 is 1. The zero-order chi connectivity index (χ0) is 19.8. The lowest BCUT2D eigenvalue weighted by Gasteiger charge is -2.15. The summed E-state index contributed by atoms with van der Waals surface area (Å²) in [4.78, 5) is 8.65. The molecule has 150 valence electrons. The molecule has 1 aromatic carbocycles.